The molecule has 4 aromatic carbocycles. The van der Waals surface area contributed by atoms with Crippen LogP contribution in [0, 0.1) is 0 Å². The fourth-order valence-electron chi connectivity index (χ4n) is 4.85. The zero-order chi connectivity index (χ0) is 33.1. The second-order valence-corrected chi connectivity index (χ2v) is 11.1. The van der Waals surface area contributed by atoms with Gasteiger partial charge in [-0.15, -0.1) is 0 Å². The first-order chi connectivity index (χ1) is 22.3. The smallest absolute Gasteiger partial charge is 0.227 e. The lowest BCUT2D eigenvalue weighted by Crippen LogP contribution is -2.33. The van der Waals surface area contributed by atoms with E-state index in [0.29, 0.717) is 69.6 Å². The van der Waals surface area contributed by atoms with Crippen molar-refractivity contribution < 1.29 is 28.5 Å². The van der Waals surface area contributed by atoms with Gasteiger partial charge in [0.05, 0.1) is 33.6 Å². The predicted octanol–water partition coefficient (Wildman–Crippen LogP) is 6.94. The summed E-state index contributed by atoms with van der Waals surface area (Å²) in [5.74, 6) is 1.84. The van der Waals surface area contributed by atoms with Crippen LogP contribution < -0.4 is 34.9 Å². The average molecular weight is 667 g/mol. The van der Waals surface area contributed by atoms with E-state index in [9.17, 15) is 9.59 Å². The van der Waals surface area contributed by atoms with E-state index in [-0.39, 0.29) is 31.2 Å². The molecule has 4 aromatic rings. The maximum atomic E-state index is 13.9. The Kier molecular flexibility index (Phi) is 12.5. The fourth-order valence-corrected chi connectivity index (χ4v) is 5.35. The number of hydrogen-bond acceptors (Lipinski definition) is 7. The predicted molar refractivity (Wildman–Crippen MR) is 181 cm³/mol. The highest BCUT2D eigenvalue weighted by Crippen LogP contribution is 2.40. The van der Waals surface area contributed by atoms with Gasteiger partial charge in [0.25, 0.3) is 0 Å². The number of nitrogens with two attached hydrogens (primary N) is 1. The van der Waals surface area contributed by atoms with Gasteiger partial charge in [0.15, 0.2) is 17.2 Å². The van der Waals surface area contributed by atoms with Crippen molar-refractivity contribution in [1.82, 2.24) is 5.32 Å². The van der Waals surface area contributed by atoms with Crippen molar-refractivity contribution in [3.8, 4) is 28.7 Å². The number of carbonyl (C=O) groups excluding carboxylic acids is 2. The van der Waals surface area contributed by atoms with Crippen LogP contribution in [0.4, 0.5) is 5.69 Å². The van der Waals surface area contributed by atoms with Crippen LogP contribution in [0.1, 0.15) is 29.5 Å². The molecule has 3 N–H and O–H groups in total. The molecule has 4 rings (SSSR count). The zero-order valence-electron chi connectivity index (χ0n) is 26.0. The van der Waals surface area contributed by atoms with Gasteiger partial charge in [-0.2, -0.15) is 0 Å². The van der Waals surface area contributed by atoms with Crippen LogP contribution in [0.3, 0.4) is 0 Å². The fraction of sp³-hybridized carbons (Fsp3) is 0.257. The van der Waals surface area contributed by atoms with Crippen LogP contribution in [0.2, 0.25) is 10.0 Å². The molecule has 0 aliphatic rings. The van der Waals surface area contributed by atoms with Gasteiger partial charge in [-0.3, -0.25) is 9.59 Å². The lowest BCUT2D eigenvalue weighted by atomic mass is 10.1. The first-order valence-electron chi connectivity index (χ1n) is 14.6. The molecule has 0 saturated heterocycles. The number of methoxy groups -OCH3 is 3. The van der Waals surface area contributed by atoms with Gasteiger partial charge >= 0.3 is 0 Å². The summed E-state index contributed by atoms with van der Waals surface area (Å²) < 4.78 is 22.8. The summed E-state index contributed by atoms with van der Waals surface area (Å²) in [5, 5.41) is 3.95. The molecular formula is C35H37Cl2N3O6. The number of rotatable bonds is 15. The lowest BCUT2D eigenvalue weighted by Gasteiger charge is -2.26. The van der Waals surface area contributed by atoms with Crippen molar-refractivity contribution in [2.75, 3.05) is 32.8 Å². The normalized spacial score (nSPS) is 10.7. The van der Waals surface area contributed by atoms with Crippen molar-refractivity contribution >= 4 is 40.7 Å². The summed E-state index contributed by atoms with van der Waals surface area (Å²) in [4.78, 5) is 28.3. The molecule has 2 amide bonds. The van der Waals surface area contributed by atoms with Crippen LogP contribution in [-0.4, -0.2) is 39.7 Å². The number of halogens is 2. The summed E-state index contributed by atoms with van der Waals surface area (Å²) in [7, 11) is 4.59. The summed E-state index contributed by atoms with van der Waals surface area (Å²) >= 11 is 12.2. The summed E-state index contributed by atoms with van der Waals surface area (Å²) in [6.07, 6.45) is 0.467. The Hall–Kier alpha value is -4.44. The quantitative estimate of drug-likeness (QED) is 0.141. The van der Waals surface area contributed by atoms with Gasteiger partial charge in [0, 0.05) is 36.0 Å². The number of benzene rings is 4. The molecule has 0 fully saturated rings. The van der Waals surface area contributed by atoms with Gasteiger partial charge in [-0.25, -0.2) is 0 Å². The number of para-hydroxylation sites is 2. The SMILES string of the molecule is COc1cc(CN(C(=O)CCC(=O)NCCc2ccc(Cl)cc2Cl)c2ccccc2Oc2cccc(CN)c2)cc(OC)c1OC. The Morgan fingerprint density at radius 2 is 1.54 bits per heavy atom. The highest BCUT2D eigenvalue weighted by molar-refractivity contribution is 6.35. The molecule has 11 heteroatoms. The van der Waals surface area contributed by atoms with E-state index >= 15 is 0 Å². The minimum Gasteiger partial charge on any atom is -0.493 e. The summed E-state index contributed by atoms with van der Waals surface area (Å²) in [6.45, 7) is 0.858. The third-order valence-electron chi connectivity index (χ3n) is 7.18. The Morgan fingerprint density at radius 1 is 0.804 bits per heavy atom. The summed E-state index contributed by atoms with van der Waals surface area (Å²) in [5.41, 5.74) is 8.85. The molecule has 0 heterocycles. The van der Waals surface area contributed by atoms with E-state index in [4.69, 9.17) is 47.9 Å². The minimum absolute atomic E-state index is 0.0134. The molecule has 0 unspecified atom stereocenters. The number of amides is 2. The molecule has 0 atom stereocenters. The molecule has 9 nitrogen and oxygen atoms in total. The maximum Gasteiger partial charge on any atom is 0.227 e. The lowest BCUT2D eigenvalue weighted by molar-refractivity contribution is -0.125. The van der Waals surface area contributed by atoms with Crippen LogP contribution >= 0.6 is 23.2 Å². The Bertz CT molecular complexity index is 1640. The second kappa shape index (κ2) is 16.7. The van der Waals surface area contributed by atoms with Crippen LogP contribution in [0.5, 0.6) is 28.7 Å². The highest BCUT2D eigenvalue weighted by Gasteiger charge is 2.23. The molecule has 0 spiro atoms. The van der Waals surface area contributed by atoms with E-state index in [2.05, 4.69) is 5.32 Å². The molecule has 0 saturated carbocycles. The van der Waals surface area contributed by atoms with Crippen molar-refractivity contribution in [2.45, 2.75) is 32.4 Å². The van der Waals surface area contributed by atoms with E-state index < -0.39 is 0 Å². The molecule has 242 valence electrons. The molecule has 0 aliphatic heterocycles. The third-order valence-corrected chi connectivity index (χ3v) is 7.77. The van der Waals surface area contributed by atoms with Gasteiger partial charge in [0.2, 0.25) is 17.6 Å². The van der Waals surface area contributed by atoms with Gasteiger partial charge in [-0.1, -0.05) is 53.5 Å². The van der Waals surface area contributed by atoms with Crippen molar-refractivity contribution in [2.24, 2.45) is 5.73 Å². The first kappa shape index (κ1) is 34.4. The maximum absolute atomic E-state index is 13.9. The van der Waals surface area contributed by atoms with E-state index in [1.54, 1.807) is 41.3 Å². The topological polar surface area (TPSA) is 112 Å². The van der Waals surface area contributed by atoms with Gasteiger partial charge in [0.1, 0.15) is 5.75 Å². The van der Waals surface area contributed by atoms with E-state index in [1.807, 2.05) is 42.5 Å². The Labute approximate surface area is 279 Å². The van der Waals surface area contributed by atoms with Crippen LogP contribution in [0.15, 0.2) is 78.9 Å². The summed E-state index contributed by atoms with van der Waals surface area (Å²) in [6, 6.07) is 23.5. The molecule has 0 radical (unpaired) electrons. The van der Waals surface area contributed by atoms with Crippen molar-refractivity contribution in [3.05, 3.63) is 106 Å². The highest BCUT2D eigenvalue weighted by atomic mass is 35.5. The molecular weight excluding hydrogens is 629 g/mol. The molecule has 0 bridgehead atoms. The first-order valence-corrected chi connectivity index (χ1v) is 15.4. The van der Waals surface area contributed by atoms with Gasteiger partial charge < -0.3 is 34.9 Å². The number of carbonyl (C=O) groups is 2. The molecule has 0 aliphatic carbocycles. The zero-order valence-corrected chi connectivity index (χ0v) is 27.5. The number of nitrogens with one attached hydrogen (secondary N) is 1. The number of nitrogens with zero attached hydrogens (tertiary/aromatic N) is 1. The molecule has 0 aromatic heterocycles. The van der Waals surface area contributed by atoms with E-state index in [0.717, 1.165) is 11.1 Å². The third kappa shape index (κ3) is 9.06. The second-order valence-electron chi connectivity index (χ2n) is 10.3. The van der Waals surface area contributed by atoms with Crippen molar-refractivity contribution in [3.63, 3.8) is 0 Å². The largest absolute Gasteiger partial charge is 0.493 e. The van der Waals surface area contributed by atoms with Crippen LogP contribution in [0.25, 0.3) is 0 Å². The number of anilines is 1. The van der Waals surface area contributed by atoms with Crippen LogP contribution in [-0.2, 0) is 29.1 Å². The average Bonchev–Trinajstić information content (AvgIpc) is 3.07. The Balaban J connectivity index is 1.56. The van der Waals surface area contributed by atoms with Crippen molar-refractivity contribution in [1.29, 1.82) is 0 Å². The minimum atomic E-state index is -0.281. The number of hydrogen-bond donors (Lipinski definition) is 2. The monoisotopic (exact) mass is 665 g/mol. The molecule has 46 heavy (non-hydrogen) atoms. The van der Waals surface area contributed by atoms with E-state index in [1.165, 1.54) is 21.3 Å². The number of ether oxygens (including phenoxy) is 4. The standard InChI is InChI=1S/C35H37Cl2N3O6/c1-43-31-18-24(19-32(44-2)35(31)45-3)22-40(29-9-4-5-10-30(29)46-27-8-6-7-23(17-27)21-38)34(42)14-13-33(41)39-16-15-25-11-12-26(36)20-28(25)37/h4-12,17-20H,13-16,21-22,38H2,1-3H3,(H,39,41). The Morgan fingerprint density at radius 3 is 2.22 bits per heavy atom. The van der Waals surface area contributed by atoms with Gasteiger partial charge in [-0.05, 0) is 71.6 Å².